The van der Waals surface area contributed by atoms with Crippen molar-refractivity contribution in [1.82, 2.24) is 9.97 Å². The normalized spacial score (nSPS) is 11.2. The molecule has 0 saturated carbocycles. The Bertz CT molecular complexity index is 1390. The average molecular weight is 538 g/mol. The van der Waals surface area contributed by atoms with E-state index in [1.807, 2.05) is 31.2 Å². The first-order chi connectivity index (χ1) is 16.6. The molecule has 0 saturated heterocycles. The molecule has 9 nitrogen and oxygen atoms in total. The van der Waals surface area contributed by atoms with Crippen molar-refractivity contribution in [1.29, 1.82) is 0 Å². The number of rotatable bonds is 4. The molecule has 2 heterocycles. The number of anilines is 3. The highest BCUT2D eigenvalue weighted by molar-refractivity contribution is 9.10. The molecular weight excluding hydrogens is 514 g/mol. The fraction of sp³-hybridized carbons (Fsp3) is 0.200. The van der Waals surface area contributed by atoms with Crippen molar-refractivity contribution in [3.05, 3.63) is 65.1 Å². The third-order valence-corrected chi connectivity index (χ3v) is 5.29. The van der Waals surface area contributed by atoms with Gasteiger partial charge in [0.15, 0.2) is 5.82 Å². The molecule has 4 rings (SSSR count). The first kappa shape index (κ1) is 24.2. The van der Waals surface area contributed by atoms with Crippen LogP contribution in [0.25, 0.3) is 22.2 Å². The van der Waals surface area contributed by atoms with Crippen molar-refractivity contribution in [3.8, 4) is 11.1 Å². The molecule has 35 heavy (non-hydrogen) atoms. The Kier molecular flexibility index (Phi) is 6.74. The number of nitrogens with zero attached hydrogens (tertiary/aromatic N) is 2. The van der Waals surface area contributed by atoms with Crippen LogP contribution in [0.2, 0.25) is 0 Å². The van der Waals surface area contributed by atoms with Crippen molar-refractivity contribution in [2.45, 2.75) is 33.3 Å². The van der Waals surface area contributed by atoms with Crippen LogP contribution in [0.5, 0.6) is 0 Å². The summed E-state index contributed by atoms with van der Waals surface area (Å²) in [7, 11) is 0. The quantitative estimate of drug-likeness (QED) is 0.259. The summed E-state index contributed by atoms with van der Waals surface area (Å²) in [6.45, 7) is 7.16. The van der Waals surface area contributed by atoms with Crippen LogP contribution in [-0.2, 0) is 4.74 Å². The van der Waals surface area contributed by atoms with Gasteiger partial charge in [0.1, 0.15) is 17.7 Å². The summed E-state index contributed by atoms with van der Waals surface area (Å²) in [6.07, 6.45) is 0.692. The third kappa shape index (κ3) is 5.96. The maximum atomic E-state index is 12.4. The molecule has 0 unspecified atom stereocenters. The van der Waals surface area contributed by atoms with Crippen LogP contribution in [0.3, 0.4) is 0 Å². The van der Waals surface area contributed by atoms with E-state index in [4.69, 9.17) is 9.15 Å². The van der Waals surface area contributed by atoms with Crippen LogP contribution < -0.4 is 16.0 Å². The molecule has 3 N–H and O–H groups in total. The number of carbonyl (C=O) groups excluding carboxylic acids is 2. The lowest BCUT2D eigenvalue weighted by molar-refractivity contribution is 0.0635. The SMILES string of the molecule is Cc1oc2ncnc(NC(=O)OC(C)(C)C)c2c1-c1ccc(NC(=O)Nc2cccc(Br)c2)cc1. The summed E-state index contributed by atoms with van der Waals surface area (Å²) in [5, 5.41) is 8.84. The van der Waals surface area contributed by atoms with Crippen LogP contribution in [0.15, 0.2) is 63.7 Å². The van der Waals surface area contributed by atoms with Gasteiger partial charge in [0, 0.05) is 21.4 Å². The number of ether oxygens (including phenoxy) is 1. The number of hydrogen-bond acceptors (Lipinski definition) is 6. The Hall–Kier alpha value is -3.92. The number of hydrogen-bond donors (Lipinski definition) is 3. The minimum absolute atomic E-state index is 0.284. The van der Waals surface area contributed by atoms with E-state index in [-0.39, 0.29) is 11.8 Å². The first-order valence-corrected chi connectivity index (χ1v) is 11.6. The molecule has 2 aromatic carbocycles. The van der Waals surface area contributed by atoms with E-state index < -0.39 is 11.7 Å². The fourth-order valence-corrected chi connectivity index (χ4v) is 3.87. The smallest absolute Gasteiger partial charge is 0.413 e. The molecule has 0 aliphatic heterocycles. The Morgan fingerprint density at radius 2 is 1.69 bits per heavy atom. The summed E-state index contributed by atoms with van der Waals surface area (Å²) in [5.74, 6) is 0.896. The molecule has 0 bridgehead atoms. The van der Waals surface area contributed by atoms with Crippen molar-refractivity contribution in [2.75, 3.05) is 16.0 Å². The number of aryl methyl sites for hydroxylation is 1. The van der Waals surface area contributed by atoms with Crippen LogP contribution >= 0.6 is 15.9 Å². The molecule has 0 aliphatic carbocycles. The Morgan fingerprint density at radius 3 is 2.37 bits per heavy atom. The number of nitrogens with one attached hydrogen (secondary N) is 3. The van der Waals surface area contributed by atoms with E-state index in [9.17, 15) is 9.59 Å². The monoisotopic (exact) mass is 537 g/mol. The Balaban J connectivity index is 1.57. The van der Waals surface area contributed by atoms with Gasteiger partial charge in [-0.15, -0.1) is 0 Å². The number of halogens is 1. The second-order valence-corrected chi connectivity index (χ2v) is 9.65. The lowest BCUT2D eigenvalue weighted by Crippen LogP contribution is -2.27. The maximum absolute atomic E-state index is 12.4. The summed E-state index contributed by atoms with van der Waals surface area (Å²) in [4.78, 5) is 33.1. The van der Waals surface area contributed by atoms with Gasteiger partial charge in [0.2, 0.25) is 5.71 Å². The topological polar surface area (TPSA) is 118 Å². The third-order valence-electron chi connectivity index (χ3n) is 4.80. The predicted molar refractivity (Wildman–Crippen MR) is 139 cm³/mol. The molecule has 2 aromatic heterocycles. The van der Waals surface area contributed by atoms with E-state index in [2.05, 4.69) is 41.8 Å². The zero-order chi connectivity index (χ0) is 25.2. The van der Waals surface area contributed by atoms with Gasteiger partial charge in [-0.2, -0.15) is 0 Å². The molecule has 0 spiro atoms. The van der Waals surface area contributed by atoms with E-state index in [1.54, 1.807) is 45.0 Å². The minimum atomic E-state index is -0.655. The van der Waals surface area contributed by atoms with E-state index in [1.165, 1.54) is 6.33 Å². The molecule has 180 valence electrons. The van der Waals surface area contributed by atoms with Gasteiger partial charge >= 0.3 is 12.1 Å². The lowest BCUT2D eigenvalue weighted by Gasteiger charge is -2.19. The zero-order valence-electron chi connectivity index (χ0n) is 19.6. The molecule has 0 atom stereocenters. The zero-order valence-corrected chi connectivity index (χ0v) is 21.2. The molecule has 10 heteroatoms. The summed E-state index contributed by atoms with van der Waals surface area (Å²) in [5.41, 5.74) is 2.50. The number of carbonyl (C=O) groups is 2. The van der Waals surface area contributed by atoms with Crippen LogP contribution in [-0.4, -0.2) is 27.7 Å². The van der Waals surface area contributed by atoms with Crippen LogP contribution in [0.1, 0.15) is 26.5 Å². The molecule has 0 radical (unpaired) electrons. The lowest BCUT2D eigenvalue weighted by atomic mass is 10.0. The van der Waals surface area contributed by atoms with Crippen LogP contribution in [0, 0.1) is 6.92 Å². The van der Waals surface area contributed by atoms with Crippen molar-refractivity contribution in [3.63, 3.8) is 0 Å². The van der Waals surface area contributed by atoms with Crippen molar-refractivity contribution >= 4 is 56.3 Å². The molecule has 0 fully saturated rings. The second kappa shape index (κ2) is 9.75. The number of benzene rings is 2. The average Bonchev–Trinajstić information content (AvgIpc) is 3.10. The standard InChI is InChI=1S/C25H24BrN5O4/c1-14-19(20-21(27-13-28-22(20)34-14)31-24(33)35-25(2,3)4)15-8-10-17(11-9-15)29-23(32)30-18-7-5-6-16(26)12-18/h5-13H,1-4H3,(H2,29,30,32)(H,27,28,31,33). The van der Waals surface area contributed by atoms with Crippen molar-refractivity contribution < 1.29 is 18.7 Å². The molecule has 0 aliphatic rings. The number of amides is 3. The summed E-state index contributed by atoms with van der Waals surface area (Å²) >= 11 is 3.38. The van der Waals surface area contributed by atoms with Gasteiger partial charge in [-0.25, -0.2) is 19.6 Å². The number of fused-ring (bicyclic) bond motifs is 1. The number of aromatic nitrogens is 2. The highest BCUT2D eigenvalue weighted by Crippen LogP contribution is 2.37. The van der Waals surface area contributed by atoms with Gasteiger partial charge < -0.3 is 19.8 Å². The summed E-state index contributed by atoms with van der Waals surface area (Å²) in [6, 6.07) is 14.2. The van der Waals surface area contributed by atoms with E-state index in [0.29, 0.717) is 28.2 Å². The van der Waals surface area contributed by atoms with E-state index in [0.717, 1.165) is 15.6 Å². The van der Waals surface area contributed by atoms with Crippen LogP contribution in [0.4, 0.5) is 26.8 Å². The second-order valence-electron chi connectivity index (χ2n) is 8.73. The van der Waals surface area contributed by atoms with Gasteiger partial charge in [-0.05, 0) is 63.6 Å². The minimum Gasteiger partial charge on any atom is -0.444 e. The fourth-order valence-electron chi connectivity index (χ4n) is 3.47. The molecule has 4 aromatic rings. The highest BCUT2D eigenvalue weighted by atomic mass is 79.9. The Labute approximate surface area is 210 Å². The first-order valence-electron chi connectivity index (χ1n) is 10.8. The van der Waals surface area contributed by atoms with Gasteiger partial charge in [-0.3, -0.25) is 5.32 Å². The largest absolute Gasteiger partial charge is 0.444 e. The highest BCUT2D eigenvalue weighted by Gasteiger charge is 2.22. The number of urea groups is 1. The van der Waals surface area contributed by atoms with Gasteiger partial charge in [-0.1, -0.05) is 34.1 Å². The molecule has 3 amide bonds. The van der Waals surface area contributed by atoms with Gasteiger partial charge in [0.05, 0.1) is 5.39 Å². The Morgan fingerprint density at radius 1 is 0.971 bits per heavy atom. The van der Waals surface area contributed by atoms with Crippen molar-refractivity contribution in [2.24, 2.45) is 0 Å². The predicted octanol–water partition coefficient (Wildman–Crippen LogP) is 6.95. The maximum Gasteiger partial charge on any atom is 0.413 e. The summed E-state index contributed by atoms with van der Waals surface area (Å²) < 4.78 is 12.0. The van der Waals surface area contributed by atoms with E-state index >= 15 is 0 Å². The molecular formula is C25H24BrN5O4. The van der Waals surface area contributed by atoms with Gasteiger partial charge in [0.25, 0.3) is 0 Å². The number of furan rings is 1.